The maximum Gasteiger partial charge on any atom is 0.377 e. The lowest BCUT2D eigenvalue weighted by Gasteiger charge is -2.29. The van der Waals surface area contributed by atoms with Crippen molar-refractivity contribution < 1.29 is 23.9 Å². The third-order valence-corrected chi connectivity index (χ3v) is 9.21. The fourth-order valence-electron chi connectivity index (χ4n) is 2.38. The third-order valence-electron chi connectivity index (χ3n) is 4.32. The van der Waals surface area contributed by atoms with Crippen molar-refractivity contribution in [3.05, 3.63) is 34.4 Å². The summed E-state index contributed by atoms with van der Waals surface area (Å²) in [5.74, 6) is -0.323. The average molecular weight is 432 g/mol. The van der Waals surface area contributed by atoms with Gasteiger partial charge in [-0.25, -0.2) is 9.24 Å². The van der Waals surface area contributed by atoms with Crippen LogP contribution in [0.25, 0.3) is 0 Å². The predicted molar refractivity (Wildman–Crippen MR) is 112 cm³/mol. The number of carboxylic acids is 1. The molecule has 0 radical (unpaired) electrons. The number of nitrogens with zero attached hydrogens (tertiary/aromatic N) is 2. The van der Waals surface area contributed by atoms with Crippen LogP contribution in [0.5, 0.6) is 5.75 Å². The molecule has 0 aromatic heterocycles. The van der Waals surface area contributed by atoms with E-state index in [-0.39, 0.29) is 11.4 Å². The first-order valence-electron chi connectivity index (χ1n) is 9.36. The van der Waals surface area contributed by atoms with Gasteiger partial charge in [0.1, 0.15) is 11.8 Å². The number of hydrogen-bond acceptors (Lipinski definition) is 6. The van der Waals surface area contributed by atoms with Crippen LogP contribution in [0.3, 0.4) is 0 Å². The number of carboxylic acid groups (broad SMARTS) is 1. The number of nitro benzene ring substituents is 1. The number of rotatable bonds is 14. The minimum atomic E-state index is -3.54. The fourth-order valence-corrected chi connectivity index (χ4v) is 6.68. The number of carbonyl (C=O) groups is 1. The van der Waals surface area contributed by atoms with Crippen molar-refractivity contribution in [3.8, 4) is 5.75 Å². The molecule has 0 aliphatic heterocycles. The van der Waals surface area contributed by atoms with Gasteiger partial charge in [-0.2, -0.15) is 0 Å². The molecule has 8 nitrogen and oxygen atoms in total. The number of non-ortho nitro benzene ring substituents is 1. The Kier molecular flexibility index (Phi) is 10.6. The Bertz CT molecular complexity index is 685. The second-order valence-corrected chi connectivity index (χ2v) is 11.1. The number of nitro groups is 1. The molecular formula is C18H29N2O6PS. The van der Waals surface area contributed by atoms with Gasteiger partial charge in [-0.15, -0.1) is 0 Å². The van der Waals surface area contributed by atoms with E-state index in [1.165, 1.54) is 62.2 Å². The molecule has 1 N–H and O–H groups in total. The number of aliphatic carboxylic acids is 1. The Balaban J connectivity index is 2.81. The maximum absolute atomic E-state index is 13.5. The van der Waals surface area contributed by atoms with Crippen molar-refractivity contribution in [1.29, 1.82) is 0 Å². The molecule has 1 rings (SSSR count). The van der Waals surface area contributed by atoms with E-state index in [4.69, 9.17) is 4.52 Å². The van der Waals surface area contributed by atoms with Gasteiger partial charge in [0, 0.05) is 17.9 Å². The van der Waals surface area contributed by atoms with E-state index >= 15 is 0 Å². The van der Waals surface area contributed by atoms with Crippen molar-refractivity contribution in [2.45, 2.75) is 58.4 Å². The van der Waals surface area contributed by atoms with E-state index in [2.05, 4.69) is 6.92 Å². The Morgan fingerprint density at radius 2 is 1.82 bits per heavy atom. The summed E-state index contributed by atoms with van der Waals surface area (Å²) >= 11 is 1.11. The summed E-state index contributed by atoms with van der Waals surface area (Å²) in [6.07, 6.45) is 6.54. The van der Waals surface area contributed by atoms with E-state index in [0.717, 1.165) is 30.6 Å². The zero-order chi connectivity index (χ0) is 21.2. The van der Waals surface area contributed by atoms with Crippen LogP contribution < -0.4 is 4.52 Å². The predicted octanol–water partition coefficient (Wildman–Crippen LogP) is 5.58. The highest BCUT2D eigenvalue weighted by atomic mass is 32.7. The highest BCUT2D eigenvalue weighted by Gasteiger charge is 2.37. The SMILES string of the molecule is CCCCCCCCSP(=O)(Oc1ccc([N+](=O)[O-])cc1)N(C)[C@@H](C)C(=O)O. The van der Waals surface area contributed by atoms with Gasteiger partial charge in [0.25, 0.3) is 5.69 Å². The molecule has 0 spiro atoms. The second-order valence-electron chi connectivity index (χ2n) is 6.50. The van der Waals surface area contributed by atoms with Crippen molar-refractivity contribution >= 4 is 29.8 Å². The van der Waals surface area contributed by atoms with E-state index in [9.17, 15) is 24.6 Å². The third kappa shape index (κ3) is 7.81. The van der Waals surface area contributed by atoms with Gasteiger partial charge >= 0.3 is 12.7 Å². The van der Waals surface area contributed by atoms with Crippen molar-refractivity contribution in [3.63, 3.8) is 0 Å². The van der Waals surface area contributed by atoms with E-state index in [1.807, 2.05) is 0 Å². The Hall–Kier alpha value is -1.57. The maximum atomic E-state index is 13.5. The molecule has 0 aliphatic rings. The van der Waals surface area contributed by atoms with Crippen molar-refractivity contribution in [2.75, 3.05) is 12.8 Å². The number of unbranched alkanes of at least 4 members (excludes halogenated alkanes) is 5. The van der Waals surface area contributed by atoms with Crippen LogP contribution in [0.2, 0.25) is 0 Å². The van der Waals surface area contributed by atoms with Gasteiger partial charge in [-0.1, -0.05) is 39.0 Å². The normalized spacial score (nSPS) is 14.4. The van der Waals surface area contributed by atoms with Gasteiger partial charge in [0.05, 0.1) is 4.92 Å². The van der Waals surface area contributed by atoms with Crippen molar-refractivity contribution in [2.24, 2.45) is 0 Å². The zero-order valence-electron chi connectivity index (χ0n) is 16.6. The van der Waals surface area contributed by atoms with Crippen LogP contribution in [0.1, 0.15) is 52.4 Å². The number of likely N-dealkylation sites (N-methyl/N-ethyl adjacent to an activating group) is 1. The molecular weight excluding hydrogens is 403 g/mol. The van der Waals surface area contributed by atoms with Crippen LogP contribution in [0, 0.1) is 10.1 Å². The lowest BCUT2D eigenvalue weighted by molar-refractivity contribution is -0.384. The fraction of sp³-hybridized carbons (Fsp3) is 0.611. The summed E-state index contributed by atoms with van der Waals surface area (Å²) in [6, 6.07) is 4.27. The molecule has 0 saturated carbocycles. The van der Waals surface area contributed by atoms with Crippen LogP contribution in [0.15, 0.2) is 24.3 Å². The Morgan fingerprint density at radius 3 is 2.36 bits per heavy atom. The number of hydrogen-bond donors (Lipinski definition) is 1. The first-order valence-corrected chi connectivity index (χ1v) is 12.5. The molecule has 0 saturated heterocycles. The molecule has 0 fully saturated rings. The minimum Gasteiger partial charge on any atom is -0.480 e. The topological polar surface area (TPSA) is 110 Å². The minimum absolute atomic E-state index is 0.103. The first kappa shape index (κ1) is 24.5. The molecule has 1 aromatic rings. The summed E-state index contributed by atoms with van der Waals surface area (Å²) < 4.78 is 20.4. The van der Waals surface area contributed by atoms with Crippen molar-refractivity contribution in [1.82, 2.24) is 4.67 Å². The lowest BCUT2D eigenvalue weighted by atomic mass is 10.1. The molecule has 1 aromatic carbocycles. The Labute approximate surface area is 170 Å². The lowest BCUT2D eigenvalue weighted by Crippen LogP contribution is -2.34. The highest BCUT2D eigenvalue weighted by molar-refractivity contribution is 8.55. The van der Waals surface area contributed by atoms with E-state index < -0.39 is 23.7 Å². The van der Waals surface area contributed by atoms with E-state index in [0.29, 0.717) is 5.75 Å². The van der Waals surface area contributed by atoms with Gasteiger partial charge in [-0.05, 0) is 43.9 Å². The van der Waals surface area contributed by atoms with Gasteiger partial charge < -0.3 is 9.63 Å². The molecule has 28 heavy (non-hydrogen) atoms. The molecule has 2 atom stereocenters. The Morgan fingerprint density at radius 1 is 1.25 bits per heavy atom. The highest BCUT2D eigenvalue weighted by Crippen LogP contribution is 2.62. The molecule has 0 heterocycles. The smallest absolute Gasteiger partial charge is 0.377 e. The average Bonchev–Trinajstić information content (AvgIpc) is 2.66. The molecule has 1 unspecified atom stereocenters. The van der Waals surface area contributed by atoms with Gasteiger partial charge in [0.2, 0.25) is 0 Å². The molecule has 0 aliphatic carbocycles. The molecule has 0 bridgehead atoms. The number of benzene rings is 1. The van der Waals surface area contributed by atoms with Crippen LogP contribution in [-0.4, -0.2) is 39.5 Å². The van der Waals surface area contributed by atoms with Crippen LogP contribution in [-0.2, 0) is 9.36 Å². The van der Waals surface area contributed by atoms with Gasteiger partial charge in [0.15, 0.2) is 0 Å². The second kappa shape index (κ2) is 12.1. The molecule has 0 amide bonds. The van der Waals surface area contributed by atoms with Crippen LogP contribution in [0.4, 0.5) is 5.69 Å². The van der Waals surface area contributed by atoms with Gasteiger partial charge in [-0.3, -0.25) is 14.9 Å². The quantitative estimate of drug-likeness (QED) is 0.176. The molecule has 158 valence electrons. The summed E-state index contributed by atoms with van der Waals surface area (Å²) in [6.45, 7) is 0.0546. The summed E-state index contributed by atoms with van der Waals surface area (Å²) in [5, 5.41) is 20.0. The largest absolute Gasteiger partial charge is 0.480 e. The summed E-state index contributed by atoms with van der Waals surface area (Å²) in [5.41, 5.74) is -0.103. The summed E-state index contributed by atoms with van der Waals surface area (Å²) in [7, 11) is 1.46. The van der Waals surface area contributed by atoms with E-state index in [1.54, 1.807) is 0 Å². The monoisotopic (exact) mass is 432 g/mol. The first-order chi connectivity index (χ1) is 13.2. The standard InChI is InChI=1S/C18H29N2O6PS/c1-4-5-6-7-8-9-14-28-27(25,19(3)15(2)18(21)22)26-17-12-10-16(11-13-17)20(23)24/h10-13,15H,4-9,14H2,1-3H3,(H,21,22)/t15-,27?/m0/s1. The molecule has 10 heteroatoms. The summed E-state index contributed by atoms with van der Waals surface area (Å²) in [4.78, 5) is 21.6. The zero-order valence-corrected chi connectivity index (χ0v) is 18.3. The van der Waals surface area contributed by atoms with Crippen LogP contribution >= 0.6 is 18.1 Å².